The fraction of sp³-hybridized carbons (Fsp3) is 0.273. The van der Waals surface area contributed by atoms with Gasteiger partial charge >= 0.3 is 0 Å². The second-order valence-electron chi connectivity index (χ2n) is 10.6. The van der Waals surface area contributed by atoms with E-state index >= 15 is 0 Å². The summed E-state index contributed by atoms with van der Waals surface area (Å²) in [4.78, 5) is 27.7. The number of halogens is 1. The molecule has 8 nitrogen and oxygen atoms in total. The number of amides is 1. The van der Waals surface area contributed by atoms with Crippen molar-refractivity contribution < 1.29 is 13.9 Å². The highest BCUT2D eigenvalue weighted by Gasteiger charge is 2.26. The fourth-order valence-electron chi connectivity index (χ4n) is 5.49. The lowest BCUT2D eigenvalue weighted by Gasteiger charge is -2.24. The van der Waals surface area contributed by atoms with E-state index in [0.717, 1.165) is 41.1 Å². The lowest BCUT2D eigenvalue weighted by atomic mass is 10.1. The first-order chi connectivity index (χ1) is 20.4. The summed E-state index contributed by atoms with van der Waals surface area (Å²) in [6.07, 6.45) is 1.34. The molecule has 1 fully saturated rings. The van der Waals surface area contributed by atoms with Crippen molar-refractivity contribution in [3.8, 4) is 11.4 Å². The van der Waals surface area contributed by atoms with Crippen LogP contribution in [-0.4, -0.2) is 63.8 Å². The molecule has 0 atom stereocenters. The predicted molar refractivity (Wildman–Crippen MR) is 161 cm³/mol. The number of anilines is 1. The van der Waals surface area contributed by atoms with Gasteiger partial charge in [0.25, 0.3) is 5.91 Å². The number of carbonyl (C=O) groups excluding carboxylic acids is 1. The molecule has 0 saturated carbocycles. The van der Waals surface area contributed by atoms with Crippen LogP contribution < -0.4 is 9.64 Å². The number of aryl methyl sites for hydroxylation is 2. The first-order valence-electron chi connectivity index (χ1n) is 14.2. The number of hydrogen-bond acceptors (Lipinski definition) is 6. The molecule has 0 unspecified atom stereocenters. The largest absolute Gasteiger partial charge is 0.496 e. The van der Waals surface area contributed by atoms with Crippen LogP contribution >= 0.6 is 0 Å². The van der Waals surface area contributed by atoms with Gasteiger partial charge in [0.15, 0.2) is 5.65 Å². The highest BCUT2D eigenvalue weighted by atomic mass is 19.1. The third-order valence-corrected chi connectivity index (χ3v) is 7.70. The van der Waals surface area contributed by atoms with Crippen LogP contribution in [0.1, 0.15) is 39.4 Å². The van der Waals surface area contributed by atoms with Crippen LogP contribution in [0.3, 0.4) is 0 Å². The van der Waals surface area contributed by atoms with Crippen LogP contribution in [0.25, 0.3) is 16.7 Å². The summed E-state index contributed by atoms with van der Waals surface area (Å²) in [5, 5.41) is 5.67. The summed E-state index contributed by atoms with van der Waals surface area (Å²) in [7, 11) is 1.58. The molecule has 6 rings (SSSR count). The number of methoxy groups -OCH3 is 1. The number of rotatable bonds is 6. The Morgan fingerprint density at radius 1 is 0.905 bits per heavy atom. The molecule has 1 amide bonds. The van der Waals surface area contributed by atoms with E-state index in [2.05, 4.69) is 36.1 Å². The zero-order valence-corrected chi connectivity index (χ0v) is 24.0. The van der Waals surface area contributed by atoms with Crippen LogP contribution in [-0.2, 0) is 6.42 Å². The van der Waals surface area contributed by atoms with Gasteiger partial charge in [0.1, 0.15) is 23.2 Å². The van der Waals surface area contributed by atoms with Crippen molar-refractivity contribution in [3.05, 3.63) is 107 Å². The second kappa shape index (κ2) is 11.6. The van der Waals surface area contributed by atoms with Gasteiger partial charge in [-0.3, -0.25) is 4.79 Å². The Hall–Kier alpha value is -4.79. The quantitative estimate of drug-likeness (QED) is 0.270. The molecule has 3 aromatic carbocycles. The minimum Gasteiger partial charge on any atom is -0.496 e. The molecule has 1 aliphatic heterocycles. The molecular weight excluding hydrogens is 531 g/mol. The summed E-state index contributed by atoms with van der Waals surface area (Å²) in [5.41, 5.74) is 5.06. The molecule has 0 N–H and O–H groups in total. The number of fused-ring (bicyclic) bond motifs is 1. The Kier molecular flexibility index (Phi) is 7.56. The van der Waals surface area contributed by atoms with Crippen molar-refractivity contribution in [3.63, 3.8) is 0 Å². The molecule has 9 heteroatoms. The van der Waals surface area contributed by atoms with Gasteiger partial charge in [-0.15, -0.1) is 0 Å². The van der Waals surface area contributed by atoms with Crippen molar-refractivity contribution in [2.75, 3.05) is 38.2 Å². The number of nitrogens with zero attached hydrogens (tertiary/aromatic N) is 6. The van der Waals surface area contributed by atoms with E-state index < -0.39 is 0 Å². The van der Waals surface area contributed by atoms with Gasteiger partial charge in [-0.2, -0.15) is 5.10 Å². The van der Waals surface area contributed by atoms with E-state index in [4.69, 9.17) is 19.8 Å². The number of ether oxygens (including phenoxy) is 1. The maximum Gasteiger partial charge on any atom is 0.257 e. The molecule has 0 aliphatic carbocycles. The van der Waals surface area contributed by atoms with Gasteiger partial charge in [-0.25, -0.2) is 19.0 Å². The fourth-order valence-corrected chi connectivity index (χ4v) is 5.49. The maximum atomic E-state index is 13.7. The minimum atomic E-state index is -0.306. The molecule has 2 aromatic heterocycles. The Bertz CT molecular complexity index is 1730. The highest BCUT2D eigenvalue weighted by Crippen LogP contribution is 2.31. The third kappa shape index (κ3) is 5.42. The molecule has 1 aliphatic rings. The predicted octanol–water partition coefficient (Wildman–Crippen LogP) is 5.52. The highest BCUT2D eigenvalue weighted by molar-refractivity contribution is 5.97. The zero-order valence-electron chi connectivity index (χ0n) is 24.0. The van der Waals surface area contributed by atoms with Gasteiger partial charge in [0.05, 0.1) is 29.4 Å². The van der Waals surface area contributed by atoms with Crippen LogP contribution in [0.2, 0.25) is 0 Å². The van der Waals surface area contributed by atoms with Crippen LogP contribution in [0, 0.1) is 19.7 Å². The molecule has 0 bridgehead atoms. The standard InChI is InChI=1S/C33H33FN6O2/c1-22-9-11-24(12-10-22)21-29-35-31(30-23(2)37-40(32(30)36-29)26-15-13-25(34)14-16-26)38-17-6-18-39(20-19-38)33(41)27-7-4-5-8-28(27)42-3/h4-5,7-16H,6,17-21H2,1-3H3. The summed E-state index contributed by atoms with van der Waals surface area (Å²) in [6, 6.07) is 22.0. The third-order valence-electron chi connectivity index (χ3n) is 7.70. The van der Waals surface area contributed by atoms with Crippen LogP contribution in [0.5, 0.6) is 5.75 Å². The molecule has 5 aromatic rings. The van der Waals surface area contributed by atoms with E-state index in [-0.39, 0.29) is 11.7 Å². The summed E-state index contributed by atoms with van der Waals surface area (Å²) in [5.74, 6) is 1.71. The Labute approximate surface area is 244 Å². The molecule has 42 heavy (non-hydrogen) atoms. The lowest BCUT2D eigenvalue weighted by molar-refractivity contribution is 0.0763. The van der Waals surface area contributed by atoms with Crippen LogP contribution in [0.4, 0.5) is 10.2 Å². The number of aromatic nitrogens is 4. The zero-order chi connectivity index (χ0) is 29.2. The van der Waals surface area contributed by atoms with Crippen molar-refractivity contribution in [1.82, 2.24) is 24.6 Å². The van der Waals surface area contributed by atoms with Crippen molar-refractivity contribution in [1.29, 1.82) is 0 Å². The molecule has 1 saturated heterocycles. The summed E-state index contributed by atoms with van der Waals surface area (Å²) < 4.78 is 21.0. The minimum absolute atomic E-state index is 0.0393. The van der Waals surface area contributed by atoms with E-state index in [0.29, 0.717) is 48.8 Å². The molecule has 214 valence electrons. The maximum absolute atomic E-state index is 13.7. The van der Waals surface area contributed by atoms with E-state index in [1.807, 2.05) is 36.1 Å². The Morgan fingerprint density at radius 3 is 2.43 bits per heavy atom. The van der Waals surface area contributed by atoms with Crippen molar-refractivity contribution in [2.24, 2.45) is 0 Å². The van der Waals surface area contributed by atoms with E-state index in [9.17, 15) is 9.18 Å². The average molecular weight is 565 g/mol. The van der Waals surface area contributed by atoms with E-state index in [1.165, 1.54) is 17.7 Å². The SMILES string of the molecule is COc1ccccc1C(=O)N1CCCN(c2nc(Cc3ccc(C)cc3)nc3c2c(C)nn3-c2ccc(F)cc2)CC1. The average Bonchev–Trinajstić information content (AvgIpc) is 3.17. The van der Waals surface area contributed by atoms with Crippen molar-refractivity contribution >= 4 is 22.8 Å². The van der Waals surface area contributed by atoms with E-state index in [1.54, 1.807) is 23.9 Å². The van der Waals surface area contributed by atoms with Gasteiger partial charge in [-0.1, -0.05) is 42.0 Å². The van der Waals surface area contributed by atoms with Gasteiger partial charge in [0.2, 0.25) is 0 Å². The topological polar surface area (TPSA) is 76.4 Å². The number of benzene rings is 3. The lowest BCUT2D eigenvalue weighted by Crippen LogP contribution is -2.35. The normalized spacial score (nSPS) is 13.8. The summed E-state index contributed by atoms with van der Waals surface area (Å²) >= 11 is 0. The number of para-hydroxylation sites is 1. The second-order valence-corrected chi connectivity index (χ2v) is 10.6. The molecule has 0 spiro atoms. The first-order valence-corrected chi connectivity index (χ1v) is 14.2. The molecule has 0 radical (unpaired) electrons. The monoisotopic (exact) mass is 564 g/mol. The number of carbonyl (C=O) groups is 1. The molecule has 3 heterocycles. The first kappa shape index (κ1) is 27.4. The Balaban J connectivity index is 1.38. The number of hydrogen-bond donors (Lipinski definition) is 0. The van der Waals surface area contributed by atoms with Gasteiger partial charge in [0, 0.05) is 32.6 Å². The van der Waals surface area contributed by atoms with Crippen molar-refractivity contribution in [2.45, 2.75) is 26.7 Å². The van der Waals surface area contributed by atoms with Gasteiger partial charge in [-0.05, 0) is 62.2 Å². The Morgan fingerprint density at radius 2 is 1.67 bits per heavy atom. The molecular formula is C33H33FN6O2. The summed E-state index contributed by atoms with van der Waals surface area (Å²) in [6.45, 7) is 6.53. The van der Waals surface area contributed by atoms with Gasteiger partial charge < -0.3 is 14.5 Å². The van der Waals surface area contributed by atoms with Crippen LogP contribution in [0.15, 0.2) is 72.8 Å². The smallest absolute Gasteiger partial charge is 0.257 e.